The lowest BCUT2D eigenvalue weighted by Gasteiger charge is -2.32. The summed E-state index contributed by atoms with van der Waals surface area (Å²) in [7, 11) is 2.32. The minimum absolute atomic E-state index is 0.863. The highest BCUT2D eigenvalue weighted by molar-refractivity contribution is 5.16. The van der Waals surface area contributed by atoms with Crippen LogP contribution in [-0.4, -0.2) is 37.1 Å². The molecule has 5 atom stereocenters. The molecule has 3 aliphatic carbocycles. The van der Waals surface area contributed by atoms with Crippen LogP contribution < -0.4 is 5.32 Å². The van der Waals surface area contributed by atoms with Gasteiger partial charge in [0.1, 0.15) is 0 Å². The van der Waals surface area contributed by atoms with Crippen LogP contribution in [-0.2, 0) is 0 Å². The molecule has 0 aromatic rings. The van der Waals surface area contributed by atoms with Crippen LogP contribution in [0.4, 0.5) is 0 Å². The number of hydrogen-bond acceptors (Lipinski definition) is 2. The quantitative estimate of drug-likeness (QED) is 0.822. The van der Waals surface area contributed by atoms with E-state index in [1.807, 2.05) is 0 Å². The zero-order chi connectivity index (χ0) is 12.1. The van der Waals surface area contributed by atoms with E-state index in [2.05, 4.69) is 17.3 Å². The van der Waals surface area contributed by atoms with Crippen LogP contribution in [0.15, 0.2) is 0 Å². The van der Waals surface area contributed by atoms with Crippen molar-refractivity contribution < 1.29 is 0 Å². The second-order valence-electron chi connectivity index (χ2n) is 7.39. The predicted molar refractivity (Wildman–Crippen MR) is 74.5 cm³/mol. The summed E-state index contributed by atoms with van der Waals surface area (Å²) >= 11 is 0. The van der Waals surface area contributed by atoms with E-state index in [0.29, 0.717) is 0 Å². The first-order valence-electron chi connectivity index (χ1n) is 8.28. The van der Waals surface area contributed by atoms with Crippen LogP contribution >= 0.6 is 0 Å². The van der Waals surface area contributed by atoms with Gasteiger partial charge in [-0.25, -0.2) is 0 Å². The van der Waals surface area contributed by atoms with Gasteiger partial charge >= 0.3 is 0 Å². The third kappa shape index (κ3) is 1.84. The monoisotopic (exact) mass is 248 g/mol. The minimum atomic E-state index is 0.863. The van der Waals surface area contributed by atoms with Crippen molar-refractivity contribution in [1.82, 2.24) is 10.2 Å². The average Bonchev–Trinajstić information content (AvgIpc) is 2.79. The van der Waals surface area contributed by atoms with Gasteiger partial charge in [0.05, 0.1) is 0 Å². The van der Waals surface area contributed by atoms with Gasteiger partial charge in [-0.05, 0) is 82.3 Å². The summed E-state index contributed by atoms with van der Waals surface area (Å²) in [5.41, 5.74) is 0. The highest BCUT2D eigenvalue weighted by atomic mass is 15.1. The van der Waals surface area contributed by atoms with Gasteiger partial charge in [-0.15, -0.1) is 0 Å². The van der Waals surface area contributed by atoms with Crippen molar-refractivity contribution in [2.45, 2.75) is 57.0 Å². The second-order valence-corrected chi connectivity index (χ2v) is 7.39. The van der Waals surface area contributed by atoms with Gasteiger partial charge in [-0.3, -0.25) is 0 Å². The standard InChI is InChI=1S/C16H28N2/c1-18-9-3-2-4-13(18)7-8-17-16-14-11-5-6-12(10-11)15(14)16/h11-17H,2-10H2,1H3. The zero-order valence-corrected chi connectivity index (χ0v) is 11.8. The molecular weight excluding hydrogens is 220 g/mol. The summed E-state index contributed by atoms with van der Waals surface area (Å²) in [6.07, 6.45) is 10.4. The Balaban J connectivity index is 1.22. The van der Waals surface area contributed by atoms with E-state index in [1.165, 1.54) is 38.8 Å². The fraction of sp³-hybridized carbons (Fsp3) is 1.00. The van der Waals surface area contributed by atoms with Crippen molar-refractivity contribution in [1.29, 1.82) is 0 Å². The topological polar surface area (TPSA) is 15.3 Å². The van der Waals surface area contributed by atoms with Gasteiger partial charge in [0.15, 0.2) is 0 Å². The summed E-state index contributed by atoms with van der Waals surface area (Å²) in [6.45, 7) is 2.59. The Morgan fingerprint density at radius 3 is 2.56 bits per heavy atom. The Hall–Kier alpha value is -0.0800. The smallest absolute Gasteiger partial charge is 0.0136 e. The van der Waals surface area contributed by atoms with Crippen molar-refractivity contribution >= 4 is 0 Å². The second kappa shape index (κ2) is 4.49. The third-order valence-electron chi connectivity index (χ3n) is 6.51. The number of fused-ring (bicyclic) bond motifs is 5. The van der Waals surface area contributed by atoms with Crippen LogP contribution in [0, 0.1) is 23.7 Å². The van der Waals surface area contributed by atoms with Crippen molar-refractivity contribution in [3.63, 3.8) is 0 Å². The van der Waals surface area contributed by atoms with Crippen LogP contribution in [0.2, 0.25) is 0 Å². The molecule has 0 amide bonds. The van der Waals surface area contributed by atoms with Gasteiger partial charge in [-0.2, -0.15) is 0 Å². The molecule has 102 valence electrons. The number of hydrogen-bond donors (Lipinski definition) is 1. The lowest BCUT2D eigenvalue weighted by atomic mass is 10.00. The molecule has 1 N–H and O–H groups in total. The summed E-state index contributed by atoms with van der Waals surface area (Å²) in [5, 5.41) is 3.90. The van der Waals surface area contributed by atoms with Gasteiger partial charge in [0.2, 0.25) is 0 Å². The summed E-state index contributed by atoms with van der Waals surface area (Å²) in [5.74, 6) is 4.45. The van der Waals surface area contributed by atoms with Crippen molar-refractivity contribution in [3.8, 4) is 0 Å². The number of likely N-dealkylation sites (tertiary alicyclic amines) is 1. The van der Waals surface area contributed by atoms with E-state index < -0.39 is 0 Å². The SMILES string of the molecule is CN1CCCCC1CCNC1C2C3CCC(C3)C12. The Kier molecular flexibility index (Phi) is 2.92. The lowest BCUT2D eigenvalue weighted by molar-refractivity contribution is 0.175. The lowest BCUT2D eigenvalue weighted by Crippen LogP contribution is -2.38. The van der Waals surface area contributed by atoms with E-state index in [-0.39, 0.29) is 0 Å². The maximum Gasteiger partial charge on any atom is 0.0136 e. The minimum Gasteiger partial charge on any atom is -0.313 e. The van der Waals surface area contributed by atoms with Crippen LogP contribution in [0.3, 0.4) is 0 Å². The van der Waals surface area contributed by atoms with Gasteiger partial charge in [0, 0.05) is 12.1 Å². The number of nitrogens with zero attached hydrogens (tertiary/aromatic N) is 1. The molecule has 0 aromatic heterocycles. The molecular formula is C16H28N2. The molecule has 0 radical (unpaired) electrons. The summed E-state index contributed by atoms with van der Waals surface area (Å²) in [6, 6.07) is 1.80. The first-order valence-corrected chi connectivity index (χ1v) is 8.28. The molecule has 2 nitrogen and oxygen atoms in total. The van der Waals surface area contributed by atoms with Crippen molar-refractivity contribution in [3.05, 3.63) is 0 Å². The Morgan fingerprint density at radius 2 is 1.83 bits per heavy atom. The summed E-state index contributed by atoms with van der Waals surface area (Å²) < 4.78 is 0. The van der Waals surface area contributed by atoms with E-state index in [1.54, 1.807) is 19.3 Å². The molecule has 4 fully saturated rings. The first kappa shape index (κ1) is 11.7. The molecule has 3 saturated carbocycles. The number of rotatable bonds is 4. The van der Waals surface area contributed by atoms with Crippen molar-refractivity contribution in [2.24, 2.45) is 23.7 Å². The molecule has 1 aliphatic heterocycles. The normalized spacial score (nSPS) is 50.5. The maximum atomic E-state index is 3.90. The molecule has 2 heteroatoms. The van der Waals surface area contributed by atoms with E-state index in [9.17, 15) is 0 Å². The molecule has 0 aromatic carbocycles. The van der Waals surface area contributed by atoms with E-state index >= 15 is 0 Å². The van der Waals surface area contributed by atoms with Crippen LogP contribution in [0.25, 0.3) is 0 Å². The third-order valence-corrected chi connectivity index (χ3v) is 6.51. The van der Waals surface area contributed by atoms with Crippen LogP contribution in [0.1, 0.15) is 44.9 Å². The van der Waals surface area contributed by atoms with Gasteiger partial charge in [-0.1, -0.05) is 6.42 Å². The fourth-order valence-electron chi connectivity index (χ4n) is 5.52. The van der Waals surface area contributed by atoms with Gasteiger partial charge in [0.25, 0.3) is 0 Å². The Bertz CT molecular complexity index is 300. The number of nitrogens with one attached hydrogen (secondary N) is 1. The van der Waals surface area contributed by atoms with E-state index in [4.69, 9.17) is 0 Å². The highest BCUT2D eigenvalue weighted by Crippen LogP contribution is 2.65. The van der Waals surface area contributed by atoms with E-state index in [0.717, 1.165) is 35.8 Å². The molecule has 1 saturated heterocycles. The zero-order valence-electron chi connectivity index (χ0n) is 11.8. The predicted octanol–water partition coefficient (Wildman–Crippen LogP) is 2.49. The fourth-order valence-corrected chi connectivity index (χ4v) is 5.52. The molecule has 4 aliphatic rings. The first-order chi connectivity index (χ1) is 8.84. The molecule has 2 bridgehead atoms. The average molecular weight is 248 g/mol. The highest BCUT2D eigenvalue weighted by Gasteiger charge is 2.64. The molecule has 18 heavy (non-hydrogen) atoms. The molecule has 4 rings (SSSR count). The Morgan fingerprint density at radius 1 is 1.06 bits per heavy atom. The maximum absolute atomic E-state index is 3.90. The largest absolute Gasteiger partial charge is 0.313 e. The van der Waals surface area contributed by atoms with Gasteiger partial charge < -0.3 is 10.2 Å². The van der Waals surface area contributed by atoms with Crippen LogP contribution in [0.5, 0.6) is 0 Å². The molecule has 5 unspecified atom stereocenters. The summed E-state index contributed by atoms with van der Waals surface area (Å²) in [4.78, 5) is 2.59. The number of piperidine rings is 1. The molecule has 0 spiro atoms. The Labute approximate surface area is 111 Å². The van der Waals surface area contributed by atoms with Crippen molar-refractivity contribution in [2.75, 3.05) is 20.1 Å². The molecule has 1 heterocycles.